The van der Waals surface area contributed by atoms with Crippen LogP contribution in [-0.2, 0) is 29.6 Å². The number of rotatable bonds is 4. The van der Waals surface area contributed by atoms with E-state index < -0.39 is 34.9 Å². The van der Waals surface area contributed by atoms with Crippen molar-refractivity contribution in [3.05, 3.63) is 23.2 Å². The van der Waals surface area contributed by atoms with Gasteiger partial charge in [-0.25, -0.2) is 9.59 Å². The molecule has 0 amide bonds. The average Bonchev–Trinajstić information content (AvgIpc) is 2.28. The number of isocyanates is 2. The molecule has 0 N–H and O–H groups in total. The zero-order chi connectivity index (χ0) is 14.7. The van der Waals surface area contributed by atoms with Gasteiger partial charge in [-0.3, -0.25) is 0 Å². The lowest BCUT2D eigenvalue weighted by Gasteiger charge is -2.02. The van der Waals surface area contributed by atoms with Gasteiger partial charge < -0.3 is 0 Å². The van der Waals surface area contributed by atoms with Crippen molar-refractivity contribution in [1.82, 2.24) is 0 Å². The molecule has 0 heterocycles. The Labute approximate surface area is 112 Å². The van der Waals surface area contributed by atoms with Gasteiger partial charge >= 0.3 is 0 Å². The van der Waals surface area contributed by atoms with E-state index in [1.807, 2.05) is 0 Å². The van der Waals surface area contributed by atoms with Crippen LogP contribution >= 0.6 is 11.6 Å². The second-order valence-corrected chi connectivity index (χ2v) is 6.49. The third kappa shape index (κ3) is 3.34. The molecule has 0 aromatic heterocycles. The number of hydrogen-bond acceptors (Lipinski definition) is 6. The van der Waals surface area contributed by atoms with Crippen LogP contribution in [0.3, 0.4) is 0 Å². The van der Waals surface area contributed by atoms with Crippen molar-refractivity contribution in [2.45, 2.75) is 9.79 Å². The molecule has 0 fully saturated rings. The molecule has 0 radical (unpaired) electrons. The summed E-state index contributed by atoms with van der Waals surface area (Å²) in [6.45, 7) is 0. The van der Waals surface area contributed by atoms with Gasteiger partial charge in [0, 0.05) is 0 Å². The Morgan fingerprint density at radius 2 is 1.47 bits per heavy atom. The van der Waals surface area contributed by atoms with Crippen molar-refractivity contribution in [2.24, 2.45) is 8.80 Å². The first-order valence-corrected chi connectivity index (χ1v) is 7.48. The highest BCUT2D eigenvalue weighted by molar-refractivity contribution is 7.90. The highest BCUT2D eigenvalue weighted by Crippen LogP contribution is 2.26. The van der Waals surface area contributed by atoms with Crippen molar-refractivity contribution < 1.29 is 26.4 Å². The zero-order valence-corrected chi connectivity index (χ0v) is 11.2. The smallest absolute Gasteiger partial charge is 0.210 e. The number of sulfonamides is 2. The van der Waals surface area contributed by atoms with Crippen LogP contribution in [0, 0.1) is 0 Å². The molecule has 0 aliphatic heterocycles. The van der Waals surface area contributed by atoms with Gasteiger partial charge in [0.1, 0.15) is 4.90 Å². The van der Waals surface area contributed by atoms with Gasteiger partial charge in [0.05, 0.1) is 9.92 Å². The van der Waals surface area contributed by atoms with Gasteiger partial charge in [-0.15, -0.1) is 0 Å². The van der Waals surface area contributed by atoms with Crippen LogP contribution in [0.25, 0.3) is 0 Å². The van der Waals surface area contributed by atoms with E-state index >= 15 is 0 Å². The van der Waals surface area contributed by atoms with E-state index in [0.29, 0.717) is 0 Å². The van der Waals surface area contributed by atoms with Crippen LogP contribution in [0.2, 0.25) is 5.02 Å². The van der Waals surface area contributed by atoms with Crippen LogP contribution in [0.5, 0.6) is 0 Å². The first kappa shape index (κ1) is 15.2. The van der Waals surface area contributed by atoms with Gasteiger partial charge in [-0.2, -0.15) is 16.8 Å². The number of benzene rings is 1. The summed E-state index contributed by atoms with van der Waals surface area (Å²) in [5, 5.41) is -0.499. The molecule has 0 saturated heterocycles. The first-order chi connectivity index (χ1) is 8.74. The molecule has 8 nitrogen and oxygen atoms in total. The molecule has 0 bridgehead atoms. The number of halogens is 1. The Balaban J connectivity index is 3.51. The summed E-state index contributed by atoms with van der Waals surface area (Å²) in [4.78, 5) is 18.8. The first-order valence-electron chi connectivity index (χ1n) is 4.22. The maximum atomic E-state index is 11.4. The molecule has 0 aliphatic rings. The van der Waals surface area contributed by atoms with Crippen LogP contribution in [0.15, 0.2) is 36.8 Å². The van der Waals surface area contributed by atoms with Crippen LogP contribution < -0.4 is 0 Å². The summed E-state index contributed by atoms with van der Waals surface area (Å²) in [5.41, 5.74) is 0. The molecule has 1 aromatic rings. The van der Waals surface area contributed by atoms with Crippen LogP contribution in [-0.4, -0.2) is 29.0 Å². The van der Waals surface area contributed by atoms with Crippen molar-refractivity contribution in [3.8, 4) is 0 Å². The fourth-order valence-corrected chi connectivity index (χ4v) is 3.04. The van der Waals surface area contributed by atoms with Gasteiger partial charge in [0.2, 0.25) is 0 Å². The lowest BCUT2D eigenvalue weighted by Crippen LogP contribution is -2.01. The molecule has 0 saturated carbocycles. The summed E-state index contributed by atoms with van der Waals surface area (Å²) in [6.07, 6.45) is 1.69. The lowest BCUT2D eigenvalue weighted by molar-refractivity contribution is 0.562. The summed E-state index contributed by atoms with van der Waals surface area (Å²) >= 11 is 5.58. The van der Waals surface area contributed by atoms with E-state index in [4.69, 9.17) is 11.6 Å². The van der Waals surface area contributed by atoms with E-state index in [1.54, 1.807) is 0 Å². The maximum Gasteiger partial charge on any atom is 0.294 e. The molecule has 0 unspecified atom stereocenters. The third-order valence-electron chi connectivity index (χ3n) is 1.79. The third-order valence-corrected chi connectivity index (χ3v) is 4.61. The van der Waals surface area contributed by atoms with Crippen molar-refractivity contribution >= 4 is 43.8 Å². The molecular formula is C8H3ClN2O6S2. The van der Waals surface area contributed by atoms with Gasteiger partial charge in [-0.05, 0) is 18.2 Å². The quantitative estimate of drug-likeness (QED) is 0.582. The minimum absolute atomic E-state index is 0.499. The standard InChI is InChI=1S/C8H3ClN2O6S2/c9-7-3-6(18(14,15)10-4-12)1-2-8(7)19(16,17)11-5-13/h1-3H. The summed E-state index contributed by atoms with van der Waals surface area (Å²) in [7, 11) is -8.64. The van der Waals surface area contributed by atoms with Crippen molar-refractivity contribution in [2.75, 3.05) is 0 Å². The van der Waals surface area contributed by atoms with Gasteiger partial charge in [0.25, 0.3) is 32.2 Å². The Kier molecular flexibility index (Phi) is 4.35. The molecule has 19 heavy (non-hydrogen) atoms. The average molecular weight is 323 g/mol. The molecule has 100 valence electrons. The zero-order valence-electron chi connectivity index (χ0n) is 8.77. The predicted octanol–water partition coefficient (Wildman–Crippen LogP) is 0.389. The van der Waals surface area contributed by atoms with E-state index in [9.17, 15) is 26.4 Å². The van der Waals surface area contributed by atoms with Crippen LogP contribution in [0.4, 0.5) is 0 Å². The lowest BCUT2D eigenvalue weighted by atomic mass is 10.4. The minimum atomic E-state index is -4.35. The second kappa shape index (κ2) is 5.43. The van der Waals surface area contributed by atoms with E-state index in [2.05, 4.69) is 8.80 Å². The molecular weight excluding hydrogens is 320 g/mol. The molecule has 0 spiro atoms. The van der Waals surface area contributed by atoms with E-state index in [1.165, 1.54) is 0 Å². The van der Waals surface area contributed by atoms with Crippen LogP contribution in [0.1, 0.15) is 0 Å². The Hall–Kier alpha value is -1.83. The predicted molar refractivity (Wildman–Crippen MR) is 62.1 cm³/mol. The van der Waals surface area contributed by atoms with Gasteiger partial charge in [0.15, 0.2) is 0 Å². The number of nitrogens with zero attached hydrogens (tertiary/aromatic N) is 2. The molecule has 11 heteroatoms. The Morgan fingerprint density at radius 3 is 1.95 bits per heavy atom. The van der Waals surface area contributed by atoms with Crippen molar-refractivity contribution in [1.29, 1.82) is 0 Å². The monoisotopic (exact) mass is 322 g/mol. The normalized spacial score (nSPS) is 11.2. The SMILES string of the molecule is O=C=NS(=O)(=O)c1ccc(S(=O)(=O)N=C=O)c(Cl)c1. The van der Waals surface area contributed by atoms with Gasteiger partial charge in [-0.1, -0.05) is 20.4 Å². The maximum absolute atomic E-state index is 11.4. The fraction of sp³-hybridized carbons (Fsp3) is 0. The van der Waals surface area contributed by atoms with E-state index in [0.717, 1.165) is 30.4 Å². The largest absolute Gasteiger partial charge is 0.294 e. The summed E-state index contributed by atoms with van der Waals surface area (Å²) in [6, 6.07) is 2.41. The Bertz CT molecular complexity index is 817. The molecule has 0 aliphatic carbocycles. The van der Waals surface area contributed by atoms with Crippen molar-refractivity contribution in [3.63, 3.8) is 0 Å². The summed E-state index contributed by atoms with van der Waals surface area (Å²) < 4.78 is 50.6. The molecule has 1 rings (SSSR count). The summed E-state index contributed by atoms with van der Waals surface area (Å²) in [5.74, 6) is 0. The highest BCUT2D eigenvalue weighted by atomic mass is 35.5. The highest BCUT2D eigenvalue weighted by Gasteiger charge is 2.21. The molecule has 0 atom stereocenters. The number of carbonyl (C=O) groups excluding carboxylic acids is 2. The Morgan fingerprint density at radius 1 is 0.947 bits per heavy atom. The topological polar surface area (TPSA) is 127 Å². The van der Waals surface area contributed by atoms with E-state index in [-0.39, 0.29) is 0 Å². The second-order valence-electron chi connectivity index (χ2n) is 2.91. The fourth-order valence-electron chi connectivity index (χ4n) is 1.05. The minimum Gasteiger partial charge on any atom is -0.210 e. The molecule has 1 aromatic carbocycles. The number of hydrogen-bond donors (Lipinski definition) is 0.